The summed E-state index contributed by atoms with van der Waals surface area (Å²) in [6, 6.07) is 9.31. The second-order valence-corrected chi connectivity index (χ2v) is 5.42. The van der Waals surface area contributed by atoms with Gasteiger partial charge in [-0.25, -0.2) is 8.78 Å². The molecule has 3 rings (SSSR count). The Morgan fingerprint density at radius 2 is 1.95 bits per heavy atom. The van der Waals surface area contributed by atoms with Crippen LogP contribution in [0.5, 0.6) is 0 Å². The quantitative estimate of drug-likeness (QED) is 0.794. The Kier molecular flexibility index (Phi) is 2.88. The number of hydrogen-bond donors (Lipinski definition) is 0. The van der Waals surface area contributed by atoms with Gasteiger partial charge in [-0.05, 0) is 5.56 Å². The molecule has 1 aromatic carbocycles. The van der Waals surface area contributed by atoms with Gasteiger partial charge in [-0.1, -0.05) is 37.3 Å². The predicted molar refractivity (Wildman–Crippen MR) is 69.1 cm³/mol. The summed E-state index contributed by atoms with van der Waals surface area (Å²) < 4.78 is 32.8. The highest BCUT2D eigenvalue weighted by Gasteiger charge is 2.81. The third-order valence-corrected chi connectivity index (χ3v) is 4.01. The Balaban J connectivity index is 1.62. The smallest absolute Gasteiger partial charge is 0.407 e. The van der Waals surface area contributed by atoms with Crippen molar-refractivity contribution in [2.75, 3.05) is 0 Å². The molecular weight excluding hydrogens is 264 g/mol. The summed E-state index contributed by atoms with van der Waals surface area (Å²) in [5, 5.41) is 0. The van der Waals surface area contributed by atoms with Gasteiger partial charge < -0.3 is 4.74 Å². The molecule has 1 heterocycles. The zero-order valence-electron chi connectivity index (χ0n) is 11.2. The number of halogens is 2. The lowest BCUT2D eigenvalue weighted by atomic mass is 9.76. The molecule has 0 radical (unpaired) electrons. The van der Waals surface area contributed by atoms with Crippen LogP contribution in [0.15, 0.2) is 30.3 Å². The lowest BCUT2D eigenvalue weighted by Gasteiger charge is -2.29. The van der Waals surface area contributed by atoms with Gasteiger partial charge in [-0.3, -0.25) is 0 Å². The number of nitrogens with zero attached hydrogens (tertiary/aromatic N) is 1. The molecule has 1 aromatic rings. The molecule has 3 nitrogen and oxygen atoms in total. The minimum atomic E-state index is -2.64. The van der Waals surface area contributed by atoms with Crippen molar-refractivity contribution in [2.45, 2.75) is 44.3 Å². The van der Waals surface area contributed by atoms with Gasteiger partial charge in [0.1, 0.15) is 6.61 Å². The van der Waals surface area contributed by atoms with Crippen LogP contribution < -0.4 is 0 Å². The van der Waals surface area contributed by atoms with Crippen LogP contribution in [-0.4, -0.2) is 27.8 Å². The van der Waals surface area contributed by atoms with Crippen LogP contribution in [-0.2, 0) is 11.3 Å². The average Bonchev–Trinajstić information content (AvgIpc) is 3.03. The first-order valence-electron chi connectivity index (χ1n) is 6.73. The molecule has 0 aromatic heterocycles. The van der Waals surface area contributed by atoms with Crippen molar-refractivity contribution in [1.82, 2.24) is 0 Å². The van der Waals surface area contributed by atoms with Crippen molar-refractivity contribution in [1.29, 1.82) is 0 Å². The van der Waals surface area contributed by atoms with Crippen LogP contribution in [0.3, 0.4) is 0 Å². The Morgan fingerprint density at radius 1 is 1.30 bits per heavy atom. The normalized spacial score (nSPS) is 21.6. The van der Waals surface area contributed by atoms with E-state index < -0.39 is 17.6 Å². The molecule has 1 amide bonds. The first-order valence-corrected chi connectivity index (χ1v) is 6.73. The molecule has 2 aliphatic rings. The molecule has 1 saturated carbocycles. The van der Waals surface area contributed by atoms with Crippen molar-refractivity contribution < 1.29 is 22.9 Å². The highest BCUT2D eigenvalue weighted by Crippen LogP contribution is 2.55. The molecule has 1 aliphatic carbocycles. The summed E-state index contributed by atoms with van der Waals surface area (Å²) in [7, 11) is 0. The number of rotatable bonds is 3. The van der Waals surface area contributed by atoms with Crippen LogP contribution in [0, 0.1) is 0 Å². The van der Waals surface area contributed by atoms with Crippen molar-refractivity contribution in [3.8, 4) is 0 Å². The topological polar surface area (TPSA) is 29.3 Å². The number of carbonyl (C=O) groups excluding carboxylic acids is 1. The van der Waals surface area contributed by atoms with Gasteiger partial charge in [0.25, 0.3) is 11.5 Å². The average molecular weight is 280 g/mol. The van der Waals surface area contributed by atoms with Gasteiger partial charge in [0.05, 0.1) is 12.8 Å². The maximum atomic E-state index is 13.1. The number of hydrogen-bond acceptors (Lipinski definition) is 2. The lowest BCUT2D eigenvalue weighted by Crippen LogP contribution is -2.50. The lowest BCUT2D eigenvalue weighted by molar-refractivity contribution is -0.463. The largest absolute Gasteiger partial charge is 0.597 e. The Morgan fingerprint density at radius 3 is 2.50 bits per heavy atom. The summed E-state index contributed by atoms with van der Waals surface area (Å²) in [5.41, 5.74) is 0.946. The Labute approximate surface area is 115 Å². The van der Waals surface area contributed by atoms with Gasteiger partial charge in [0.15, 0.2) is 0 Å². The van der Waals surface area contributed by atoms with Gasteiger partial charge >= 0.3 is 6.09 Å². The fourth-order valence-electron chi connectivity index (χ4n) is 3.10. The maximum Gasteiger partial charge on any atom is 0.597 e. The van der Waals surface area contributed by atoms with E-state index in [-0.39, 0.29) is 19.4 Å². The van der Waals surface area contributed by atoms with Gasteiger partial charge in [-0.2, -0.15) is 4.79 Å². The van der Waals surface area contributed by atoms with Crippen LogP contribution in [0.2, 0.25) is 0 Å². The molecule has 0 N–H and O–H groups in total. The van der Waals surface area contributed by atoms with E-state index in [4.69, 9.17) is 4.74 Å². The van der Waals surface area contributed by atoms with Gasteiger partial charge in [0, 0.05) is 6.42 Å². The minimum Gasteiger partial charge on any atom is -0.407 e. The van der Waals surface area contributed by atoms with E-state index in [1.807, 2.05) is 37.3 Å². The molecule has 1 aliphatic heterocycles. The third-order valence-electron chi connectivity index (χ3n) is 4.01. The van der Waals surface area contributed by atoms with Crippen molar-refractivity contribution in [2.24, 2.45) is 0 Å². The van der Waals surface area contributed by atoms with Crippen LogP contribution in [0.1, 0.15) is 31.7 Å². The summed E-state index contributed by atoms with van der Waals surface area (Å²) in [6.45, 7) is 2.04. The molecule has 20 heavy (non-hydrogen) atoms. The van der Waals surface area contributed by atoms with E-state index in [1.54, 1.807) is 0 Å². The van der Waals surface area contributed by atoms with Crippen LogP contribution >= 0.6 is 0 Å². The number of ether oxygens (including phenoxy) is 1. The second-order valence-electron chi connectivity index (χ2n) is 5.42. The van der Waals surface area contributed by atoms with Crippen molar-refractivity contribution in [3.63, 3.8) is 0 Å². The number of amides is 1. The van der Waals surface area contributed by atoms with Crippen LogP contribution in [0.25, 0.3) is 0 Å². The zero-order chi connectivity index (χ0) is 14.4. The standard InChI is InChI=1S/C15H16F2NO2/c1-2-12-14(9-15(16,17)10-14)18(12)13(19)20-8-11-6-4-3-5-7-11/h3-7H,2,8-10H2,1H3/q+1. The fraction of sp³-hybridized carbons (Fsp3) is 0.467. The second kappa shape index (κ2) is 4.36. The highest BCUT2D eigenvalue weighted by molar-refractivity contribution is 6.02. The molecule has 0 unspecified atom stereocenters. The van der Waals surface area contributed by atoms with E-state index >= 15 is 0 Å². The fourth-order valence-corrected chi connectivity index (χ4v) is 3.10. The molecule has 0 saturated heterocycles. The van der Waals surface area contributed by atoms with Crippen molar-refractivity contribution in [3.05, 3.63) is 35.9 Å². The summed E-state index contributed by atoms with van der Waals surface area (Å²) in [6.07, 6.45) is -0.426. The van der Waals surface area contributed by atoms with E-state index in [0.717, 1.165) is 11.3 Å². The van der Waals surface area contributed by atoms with Crippen LogP contribution in [0.4, 0.5) is 13.6 Å². The third kappa shape index (κ3) is 2.01. The van der Waals surface area contributed by atoms with E-state index in [0.29, 0.717) is 6.42 Å². The Hall–Kier alpha value is -1.78. The first kappa shape index (κ1) is 13.2. The molecule has 1 spiro atoms. The monoisotopic (exact) mass is 280 g/mol. The molecular formula is C15H16F2NO2+. The summed E-state index contributed by atoms with van der Waals surface area (Å²) in [5.74, 6) is -2.64. The molecule has 106 valence electrons. The first-order chi connectivity index (χ1) is 9.48. The van der Waals surface area contributed by atoms with E-state index in [1.165, 1.54) is 4.58 Å². The van der Waals surface area contributed by atoms with Gasteiger partial charge in [0.2, 0.25) is 5.71 Å². The summed E-state index contributed by atoms with van der Waals surface area (Å²) >= 11 is 0. The van der Waals surface area contributed by atoms with Crippen molar-refractivity contribution >= 4 is 11.8 Å². The molecule has 1 fully saturated rings. The predicted octanol–water partition coefficient (Wildman–Crippen LogP) is 3.37. The number of carbonyl (C=O) groups is 1. The van der Waals surface area contributed by atoms with E-state index in [2.05, 4.69) is 0 Å². The maximum absolute atomic E-state index is 13.1. The molecule has 0 atom stereocenters. The number of benzene rings is 1. The summed E-state index contributed by atoms with van der Waals surface area (Å²) in [4.78, 5) is 12.0. The molecule has 5 heteroatoms. The zero-order valence-corrected chi connectivity index (χ0v) is 11.2. The Bertz CT molecular complexity index is 573. The highest BCUT2D eigenvalue weighted by atomic mass is 19.3. The molecule has 0 bridgehead atoms. The van der Waals surface area contributed by atoms with E-state index in [9.17, 15) is 13.6 Å². The SMILES string of the molecule is CCC1=[N+](C(=O)OCc2ccccc2)C12CC(F)(F)C2. The minimum absolute atomic E-state index is 0.166. The number of alkyl halides is 2. The van der Waals surface area contributed by atoms with Gasteiger partial charge in [-0.15, -0.1) is 4.58 Å².